The van der Waals surface area contributed by atoms with Crippen LogP contribution >= 0.6 is 0 Å². The Morgan fingerprint density at radius 3 is 2.73 bits per heavy atom. The molecule has 40 heavy (non-hydrogen) atoms. The third-order valence-corrected chi connectivity index (χ3v) is 11.0. The molecule has 2 fully saturated rings. The number of benzene rings is 2. The molecule has 1 saturated heterocycles. The molecule has 2 bridgehead atoms. The molecule has 6 rings (SSSR count). The number of methoxy groups -OCH3 is 1. The monoisotopic (exact) mass is 566 g/mol. The quantitative estimate of drug-likeness (QED) is 0.433. The van der Waals surface area contributed by atoms with Crippen molar-refractivity contribution in [2.75, 3.05) is 48.4 Å². The molecule has 8 heteroatoms. The van der Waals surface area contributed by atoms with Crippen molar-refractivity contribution in [2.24, 2.45) is 5.92 Å². The van der Waals surface area contributed by atoms with Crippen LogP contribution in [-0.4, -0.2) is 77.6 Å². The van der Waals surface area contributed by atoms with Crippen molar-refractivity contribution in [3.05, 3.63) is 64.8 Å². The molecule has 3 atom stereocenters. The number of rotatable bonds is 7. The summed E-state index contributed by atoms with van der Waals surface area (Å²) in [5.41, 5.74) is 6.74. The molecule has 2 aromatic carbocycles. The number of aromatic nitrogens is 1. The molecule has 1 aromatic heterocycles. The van der Waals surface area contributed by atoms with Gasteiger partial charge in [-0.05, 0) is 119 Å². The van der Waals surface area contributed by atoms with Gasteiger partial charge in [0.15, 0.2) is 0 Å². The molecule has 2 N–H and O–H groups in total. The summed E-state index contributed by atoms with van der Waals surface area (Å²) in [6, 6.07) is 13.4. The van der Waals surface area contributed by atoms with Crippen LogP contribution in [0.15, 0.2) is 42.6 Å². The zero-order chi connectivity index (χ0) is 28.5. The molecule has 3 aromatic rings. The zero-order valence-electron chi connectivity index (χ0n) is 24.8. The van der Waals surface area contributed by atoms with E-state index < -0.39 is 10.0 Å². The van der Waals surface area contributed by atoms with Gasteiger partial charge in [-0.15, -0.1) is 0 Å². The minimum absolute atomic E-state index is 0.0116. The number of ether oxygens (including phenoxy) is 1. The fourth-order valence-corrected chi connectivity index (χ4v) is 8.22. The number of hydrogen-bond donors (Lipinski definition) is 2. The minimum atomic E-state index is -3.23. The van der Waals surface area contributed by atoms with Gasteiger partial charge < -0.3 is 19.5 Å². The van der Waals surface area contributed by atoms with E-state index in [0.717, 1.165) is 47.1 Å². The second kappa shape index (κ2) is 11.8. The van der Waals surface area contributed by atoms with Gasteiger partial charge >= 0.3 is 0 Å². The molecule has 1 saturated carbocycles. The SMILES string of the molecule is CNS(=O)(=O)Cc1ccc2[nH]cc(CCN(C)C)c2c1.COc1ccc2c(c1)[C@]13CCCC[C@@H]1[C@H](C2)N(C)CC3. The number of sulfonamides is 1. The molecular weight excluding hydrogens is 520 g/mol. The van der Waals surface area contributed by atoms with E-state index >= 15 is 0 Å². The van der Waals surface area contributed by atoms with E-state index in [2.05, 4.69) is 44.8 Å². The third-order valence-electron chi connectivity index (χ3n) is 9.65. The van der Waals surface area contributed by atoms with Crippen LogP contribution in [0.25, 0.3) is 10.9 Å². The summed E-state index contributed by atoms with van der Waals surface area (Å²) in [6.07, 6.45) is 11.2. The molecular formula is C32H46N4O3S. The zero-order valence-corrected chi connectivity index (χ0v) is 25.6. The lowest BCUT2D eigenvalue weighted by Crippen LogP contribution is -2.59. The van der Waals surface area contributed by atoms with Crippen LogP contribution in [0.4, 0.5) is 0 Å². The van der Waals surface area contributed by atoms with E-state index in [9.17, 15) is 8.42 Å². The van der Waals surface area contributed by atoms with Crippen molar-refractivity contribution in [3.63, 3.8) is 0 Å². The Hall–Kier alpha value is -2.39. The Morgan fingerprint density at radius 2 is 1.98 bits per heavy atom. The second-order valence-corrected chi connectivity index (χ2v) is 14.2. The van der Waals surface area contributed by atoms with Crippen molar-refractivity contribution < 1.29 is 13.2 Å². The van der Waals surface area contributed by atoms with Gasteiger partial charge in [-0.1, -0.05) is 25.0 Å². The summed E-state index contributed by atoms with van der Waals surface area (Å²) >= 11 is 0. The lowest BCUT2D eigenvalue weighted by atomic mass is 9.52. The highest BCUT2D eigenvalue weighted by atomic mass is 32.2. The number of piperidine rings is 1. The third kappa shape index (κ3) is 5.82. The van der Waals surface area contributed by atoms with Gasteiger partial charge in [-0.25, -0.2) is 13.1 Å². The van der Waals surface area contributed by atoms with Crippen LogP contribution in [0.1, 0.15) is 54.4 Å². The Balaban J connectivity index is 0.000000161. The summed E-state index contributed by atoms with van der Waals surface area (Å²) < 4.78 is 31.1. The van der Waals surface area contributed by atoms with Crippen molar-refractivity contribution in [3.8, 4) is 5.75 Å². The van der Waals surface area contributed by atoms with E-state index in [1.807, 2.05) is 38.5 Å². The van der Waals surface area contributed by atoms with Crippen LogP contribution in [0.5, 0.6) is 5.75 Å². The number of hydrogen-bond acceptors (Lipinski definition) is 5. The normalized spacial score (nSPS) is 24.2. The maximum atomic E-state index is 11.6. The second-order valence-electron chi connectivity index (χ2n) is 12.2. The number of aromatic amines is 1. The molecule has 218 valence electrons. The lowest BCUT2D eigenvalue weighted by Gasteiger charge is -2.58. The number of fused-ring (bicyclic) bond motifs is 2. The topological polar surface area (TPSA) is 77.7 Å². The van der Waals surface area contributed by atoms with Gasteiger partial charge in [-0.3, -0.25) is 0 Å². The van der Waals surface area contributed by atoms with Gasteiger partial charge in [0.25, 0.3) is 0 Å². The van der Waals surface area contributed by atoms with Gasteiger partial charge in [0.05, 0.1) is 12.9 Å². The average molecular weight is 567 g/mol. The van der Waals surface area contributed by atoms with Crippen LogP contribution in [0.2, 0.25) is 0 Å². The Kier molecular flexibility index (Phi) is 8.62. The predicted octanol–water partition coefficient (Wildman–Crippen LogP) is 4.70. The first kappa shape index (κ1) is 29.1. The van der Waals surface area contributed by atoms with Crippen molar-refractivity contribution >= 4 is 20.9 Å². The maximum Gasteiger partial charge on any atom is 0.215 e. The molecule has 0 radical (unpaired) electrons. The van der Waals surface area contributed by atoms with Crippen LogP contribution in [0.3, 0.4) is 0 Å². The largest absolute Gasteiger partial charge is 0.497 e. The molecule has 2 heterocycles. The molecule has 2 aliphatic carbocycles. The highest BCUT2D eigenvalue weighted by molar-refractivity contribution is 7.88. The maximum absolute atomic E-state index is 11.6. The molecule has 1 aliphatic heterocycles. The standard InChI is InChI=1S/C18H25NO.C14H21N3O2S/c1-19-10-9-18-8-4-3-5-15(18)17(19)11-13-6-7-14(20-2)12-16(13)18;1-15-20(18,19)10-11-4-5-14-13(8-11)12(9-16-14)6-7-17(2)3/h6-7,12,15,17H,3-5,8-11H2,1-2H3;4-5,8-9,15-16H,6-7,10H2,1-3H3/t15-,17+,18+;/m1./s1. The van der Waals surface area contributed by atoms with Gasteiger partial charge in [0.1, 0.15) is 5.75 Å². The first-order valence-corrected chi connectivity index (χ1v) is 16.3. The van der Waals surface area contributed by atoms with Gasteiger partial charge in [-0.2, -0.15) is 0 Å². The summed E-state index contributed by atoms with van der Waals surface area (Å²) in [7, 11) is 6.41. The highest BCUT2D eigenvalue weighted by Gasteiger charge is 2.53. The molecule has 0 spiro atoms. The number of H-pyrrole nitrogens is 1. The minimum Gasteiger partial charge on any atom is -0.497 e. The number of nitrogens with zero attached hydrogens (tertiary/aromatic N) is 2. The highest BCUT2D eigenvalue weighted by Crippen LogP contribution is 2.55. The van der Waals surface area contributed by atoms with Crippen LogP contribution in [0, 0.1) is 5.92 Å². The fourth-order valence-electron chi connectivity index (χ4n) is 7.46. The Bertz CT molecular complexity index is 1430. The van der Waals surface area contributed by atoms with E-state index in [4.69, 9.17) is 4.74 Å². The first-order valence-electron chi connectivity index (χ1n) is 14.7. The van der Waals surface area contributed by atoms with Crippen LogP contribution < -0.4 is 9.46 Å². The van der Waals surface area contributed by atoms with E-state index in [1.165, 1.54) is 57.7 Å². The summed E-state index contributed by atoms with van der Waals surface area (Å²) in [5, 5.41) is 1.11. The van der Waals surface area contributed by atoms with Crippen LogP contribution in [-0.2, 0) is 34.0 Å². The van der Waals surface area contributed by atoms with Crippen molar-refractivity contribution in [1.82, 2.24) is 19.5 Å². The molecule has 7 nitrogen and oxygen atoms in total. The van der Waals surface area contributed by atoms with Gasteiger partial charge in [0, 0.05) is 35.1 Å². The average Bonchev–Trinajstić information content (AvgIpc) is 3.36. The number of likely N-dealkylation sites (tertiary alicyclic amines) is 1. The van der Waals surface area contributed by atoms with E-state index in [1.54, 1.807) is 18.2 Å². The van der Waals surface area contributed by atoms with Crippen molar-refractivity contribution in [1.29, 1.82) is 0 Å². The number of nitrogens with one attached hydrogen (secondary N) is 2. The Morgan fingerprint density at radius 1 is 1.15 bits per heavy atom. The smallest absolute Gasteiger partial charge is 0.215 e. The summed E-state index contributed by atoms with van der Waals surface area (Å²) in [4.78, 5) is 7.99. The predicted molar refractivity (Wildman–Crippen MR) is 164 cm³/mol. The molecule has 3 aliphatic rings. The van der Waals surface area contributed by atoms with Crippen molar-refractivity contribution in [2.45, 2.75) is 62.2 Å². The molecule has 0 amide bonds. The number of likely N-dealkylation sites (N-methyl/N-ethyl adjacent to an activating group) is 2. The lowest BCUT2D eigenvalue weighted by molar-refractivity contribution is 0.00274. The van der Waals surface area contributed by atoms with E-state index in [0.29, 0.717) is 5.41 Å². The summed E-state index contributed by atoms with van der Waals surface area (Å²) in [6.45, 7) is 2.23. The molecule has 0 unspecified atom stereocenters. The Labute approximate surface area is 240 Å². The van der Waals surface area contributed by atoms with Gasteiger partial charge in [0.2, 0.25) is 10.0 Å². The summed E-state index contributed by atoms with van der Waals surface area (Å²) in [5.74, 6) is 1.92. The van der Waals surface area contributed by atoms with E-state index in [-0.39, 0.29) is 5.75 Å². The first-order chi connectivity index (χ1) is 19.2. The fraction of sp³-hybridized carbons (Fsp3) is 0.562.